The standard InChI is InChI=1S/C22H27FN4O/c1-25-21(27-15-22(11-12-22)18-5-3-2-4-6-18)26-14-17(20(24)28)13-16-7-9-19(23)10-8-16/h2-10,17H,11-15H2,1H3,(H2,24,28)(H2,25,26,27). The zero-order chi connectivity index (χ0) is 20.0. The van der Waals surface area contributed by atoms with Gasteiger partial charge in [0.15, 0.2) is 5.96 Å². The molecule has 0 aliphatic heterocycles. The minimum Gasteiger partial charge on any atom is -0.369 e. The Kier molecular flexibility index (Phi) is 6.29. The van der Waals surface area contributed by atoms with Crippen LogP contribution in [0.15, 0.2) is 59.6 Å². The summed E-state index contributed by atoms with van der Waals surface area (Å²) < 4.78 is 13.1. The van der Waals surface area contributed by atoms with E-state index in [1.165, 1.54) is 17.7 Å². The molecule has 28 heavy (non-hydrogen) atoms. The summed E-state index contributed by atoms with van der Waals surface area (Å²) in [6.07, 6.45) is 2.75. The fraction of sp³-hybridized carbons (Fsp3) is 0.364. The van der Waals surface area contributed by atoms with Crippen LogP contribution in [0.4, 0.5) is 4.39 Å². The van der Waals surface area contributed by atoms with Crippen molar-refractivity contribution in [2.75, 3.05) is 20.1 Å². The fourth-order valence-electron chi connectivity index (χ4n) is 3.38. The number of halogens is 1. The van der Waals surface area contributed by atoms with Crippen LogP contribution in [0.2, 0.25) is 0 Å². The molecule has 1 aliphatic carbocycles. The third-order valence-electron chi connectivity index (χ3n) is 5.37. The fourth-order valence-corrected chi connectivity index (χ4v) is 3.38. The number of aliphatic imine (C=N–C) groups is 1. The zero-order valence-electron chi connectivity index (χ0n) is 16.1. The van der Waals surface area contributed by atoms with Gasteiger partial charge in [-0.05, 0) is 42.5 Å². The molecule has 4 N–H and O–H groups in total. The van der Waals surface area contributed by atoms with Gasteiger partial charge >= 0.3 is 0 Å². The lowest BCUT2D eigenvalue weighted by Gasteiger charge is -2.21. The molecule has 6 heteroatoms. The molecular formula is C22H27FN4O. The molecule has 2 aromatic carbocycles. The van der Waals surface area contributed by atoms with Gasteiger partial charge in [0.25, 0.3) is 0 Å². The number of amides is 1. The number of nitrogens with one attached hydrogen (secondary N) is 2. The third-order valence-corrected chi connectivity index (χ3v) is 5.37. The van der Waals surface area contributed by atoms with Crippen molar-refractivity contribution in [3.63, 3.8) is 0 Å². The predicted molar refractivity (Wildman–Crippen MR) is 110 cm³/mol. The van der Waals surface area contributed by atoms with Crippen molar-refractivity contribution in [2.24, 2.45) is 16.6 Å². The Bertz CT molecular complexity index is 816. The number of carbonyl (C=O) groups is 1. The van der Waals surface area contributed by atoms with E-state index in [4.69, 9.17) is 5.73 Å². The van der Waals surface area contributed by atoms with Crippen LogP contribution in [-0.4, -0.2) is 32.0 Å². The van der Waals surface area contributed by atoms with Crippen LogP contribution >= 0.6 is 0 Å². The van der Waals surface area contributed by atoms with Gasteiger partial charge in [-0.15, -0.1) is 0 Å². The van der Waals surface area contributed by atoms with Crippen LogP contribution in [0.3, 0.4) is 0 Å². The van der Waals surface area contributed by atoms with E-state index in [2.05, 4.69) is 39.9 Å². The molecule has 0 spiro atoms. The van der Waals surface area contributed by atoms with Gasteiger partial charge in [-0.1, -0.05) is 42.5 Å². The van der Waals surface area contributed by atoms with Crippen LogP contribution in [-0.2, 0) is 16.6 Å². The van der Waals surface area contributed by atoms with Gasteiger partial charge < -0.3 is 16.4 Å². The zero-order valence-corrected chi connectivity index (χ0v) is 16.1. The largest absolute Gasteiger partial charge is 0.369 e. The number of rotatable bonds is 8. The smallest absolute Gasteiger partial charge is 0.222 e. The highest BCUT2D eigenvalue weighted by atomic mass is 19.1. The van der Waals surface area contributed by atoms with E-state index in [0.717, 1.165) is 24.9 Å². The molecule has 1 amide bonds. The van der Waals surface area contributed by atoms with E-state index in [1.54, 1.807) is 19.2 Å². The molecule has 0 aromatic heterocycles. The monoisotopic (exact) mass is 382 g/mol. The summed E-state index contributed by atoms with van der Waals surface area (Å²) in [5.41, 5.74) is 7.93. The third kappa shape index (κ3) is 5.09. The van der Waals surface area contributed by atoms with Crippen LogP contribution < -0.4 is 16.4 Å². The minimum atomic E-state index is -0.409. The summed E-state index contributed by atoms with van der Waals surface area (Å²) in [6, 6.07) is 16.6. The molecule has 1 unspecified atom stereocenters. The Morgan fingerprint density at radius 1 is 1.14 bits per heavy atom. The Labute approximate surface area is 165 Å². The van der Waals surface area contributed by atoms with Crippen molar-refractivity contribution in [3.05, 3.63) is 71.5 Å². The highest BCUT2D eigenvalue weighted by Gasteiger charge is 2.44. The molecule has 0 bridgehead atoms. The van der Waals surface area contributed by atoms with Crippen LogP contribution in [0.5, 0.6) is 0 Å². The summed E-state index contributed by atoms with van der Waals surface area (Å²) in [5.74, 6) is -0.453. The first-order valence-corrected chi connectivity index (χ1v) is 9.56. The number of guanidine groups is 1. The molecule has 2 aromatic rings. The first-order valence-electron chi connectivity index (χ1n) is 9.56. The molecule has 5 nitrogen and oxygen atoms in total. The Hall–Kier alpha value is -2.89. The Balaban J connectivity index is 1.53. The summed E-state index contributed by atoms with van der Waals surface area (Å²) in [4.78, 5) is 16.1. The molecule has 1 fully saturated rings. The lowest BCUT2D eigenvalue weighted by molar-refractivity contribution is -0.121. The maximum Gasteiger partial charge on any atom is 0.222 e. The average molecular weight is 382 g/mol. The number of primary amides is 1. The molecule has 1 aliphatic rings. The summed E-state index contributed by atoms with van der Waals surface area (Å²) in [6.45, 7) is 1.15. The number of nitrogens with zero attached hydrogens (tertiary/aromatic N) is 1. The first kappa shape index (κ1) is 19.9. The van der Waals surface area contributed by atoms with Gasteiger partial charge in [0.05, 0.1) is 5.92 Å². The van der Waals surface area contributed by atoms with Crippen LogP contribution in [0.1, 0.15) is 24.0 Å². The van der Waals surface area contributed by atoms with Crippen LogP contribution in [0.25, 0.3) is 0 Å². The summed E-state index contributed by atoms with van der Waals surface area (Å²) in [5, 5.41) is 6.57. The Morgan fingerprint density at radius 2 is 1.82 bits per heavy atom. The molecule has 3 rings (SSSR count). The van der Waals surface area contributed by atoms with Crippen molar-refractivity contribution < 1.29 is 9.18 Å². The van der Waals surface area contributed by atoms with E-state index >= 15 is 0 Å². The molecule has 0 radical (unpaired) electrons. The minimum absolute atomic E-state index is 0.163. The number of hydrogen-bond acceptors (Lipinski definition) is 2. The lowest BCUT2D eigenvalue weighted by atomic mass is 9.96. The van der Waals surface area contributed by atoms with Gasteiger partial charge in [0.2, 0.25) is 5.91 Å². The number of hydrogen-bond donors (Lipinski definition) is 3. The average Bonchev–Trinajstić information content (AvgIpc) is 3.50. The van der Waals surface area contributed by atoms with Crippen molar-refractivity contribution >= 4 is 11.9 Å². The van der Waals surface area contributed by atoms with Gasteiger partial charge in [-0.2, -0.15) is 0 Å². The van der Waals surface area contributed by atoms with Gasteiger partial charge in [-0.3, -0.25) is 9.79 Å². The van der Waals surface area contributed by atoms with Gasteiger partial charge in [0, 0.05) is 25.6 Å². The quantitative estimate of drug-likeness (QED) is 0.484. The first-order chi connectivity index (χ1) is 13.5. The molecule has 148 valence electrons. The molecule has 0 saturated heterocycles. The number of nitrogens with two attached hydrogens (primary N) is 1. The number of benzene rings is 2. The Morgan fingerprint density at radius 3 is 2.39 bits per heavy atom. The maximum atomic E-state index is 13.1. The van der Waals surface area contributed by atoms with Crippen molar-refractivity contribution in [1.82, 2.24) is 10.6 Å². The lowest BCUT2D eigenvalue weighted by Crippen LogP contribution is -2.45. The SMILES string of the molecule is CN=C(NCC(Cc1ccc(F)cc1)C(N)=O)NCC1(c2ccccc2)CC1. The normalized spacial score (nSPS) is 16.3. The number of carbonyl (C=O) groups excluding carboxylic acids is 1. The highest BCUT2D eigenvalue weighted by Crippen LogP contribution is 2.47. The van der Waals surface area contributed by atoms with Gasteiger partial charge in [-0.25, -0.2) is 4.39 Å². The molecule has 1 saturated carbocycles. The molecular weight excluding hydrogens is 355 g/mol. The summed E-state index contributed by atoms with van der Waals surface area (Å²) in [7, 11) is 1.71. The van der Waals surface area contributed by atoms with Crippen LogP contribution in [0, 0.1) is 11.7 Å². The van der Waals surface area contributed by atoms with E-state index in [0.29, 0.717) is 18.9 Å². The topological polar surface area (TPSA) is 79.5 Å². The van der Waals surface area contributed by atoms with E-state index in [1.807, 2.05) is 6.07 Å². The predicted octanol–water partition coefficient (Wildman–Crippen LogP) is 2.37. The molecule has 0 heterocycles. The summed E-state index contributed by atoms with van der Waals surface area (Å²) >= 11 is 0. The highest BCUT2D eigenvalue weighted by molar-refractivity contribution is 5.82. The second kappa shape index (κ2) is 8.87. The molecule has 1 atom stereocenters. The van der Waals surface area contributed by atoms with E-state index in [9.17, 15) is 9.18 Å². The maximum absolute atomic E-state index is 13.1. The second-order valence-corrected chi connectivity index (χ2v) is 7.38. The van der Waals surface area contributed by atoms with Crippen molar-refractivity contribution in [2.45, 2.75) is 24.7 Å². The van der Waals surface area contributed by atoms with Crippen molar-refractivity contribution in [3.8, 4) is 0 Å². The van der Waals surface area contributed by atoms with E-state index in [-0.39, 0.29) is 11.2 Å². The van der Waals surface area contributed by atoms with Gasteiger partial charge in [0.1, 0.15) is 5.82 Å². The van der Waals surface area contributed by atoms with Crippen molar-refractivity contribution in [1.29, 1.82) is 0 Å². The second-order valence-electron chi connectivity index (χ2n) is 7.38. The van der Waals surface area contributed by atoms with E-state index < -0.39 is 11.8 Å².